The van der Waals surface area contributed by atoms with E-state index < -0.39 is 0 Å². The summed E-state index contributed by atoms with van der Waals surface area (Å²) in [5.41, 5.74) is 0. The molecule has 1 fully saturated rings. The third-order valence-corrected chi connectivity index (χ3v) is 7.27. The number of rotatable bonds is 14. The Hall–Kier alpha value is 0. The zero-order valence-corrected chi connectivity index (χ0v) is 25.2. The Morgan fingerprint density at radius 2 is 1.16 bits per heavy atom. The van der Waals surface area contributed by atoms with Gasteiger partial charge in [0, 0.05) is 0 Å². The minimum Gasteiger partial charge on any atom is -0.0683 e. The van der Waals surface area contributed by atoms with Crippen LogP contribution >= 0.6 is 0 Å². The monoisotopic (exact) mass is 455 g/mol. The molecule has 0 heterocycles. The fourth-order valence-corrected chi connectivity index (χ4v) is 4.27. The summed E-state index contributed by atoms with van der Waals surface area (Å²) in [6.45, 7) is 24.7. The number of unbranched alkanes of at least 4 members (excludes halogenated alkanes) is 3. The first-order valence-corrected chi connectivity index (χ1v) is 15.3. The van der Waals surface area contributed by atoms with Crippen molar-refractivity contribution in [3.8, 4) is 0 Å². The molecule has 0 bridgehead atoms. The van der Waals surface area contributed by atoms with E-state index in [1.54, 1.807) is 6.42 Å². The standard InChI is InChI=1S/C19H38.C7H16.C4H10.C2H6/c1-5-16(3)11-12-17(4)9-7-8-10-19-14-13-18(6-2)15-19;1-4-5-6-7(2)3;1-3-4-2;1-2/h16-19H,5-15H2,1-4H3;7H,4-6H2,1-3H3;3-4H2,1-2H3;1-2H3. The molecular weight excluding hydrogens is 384 g/mol. The van der Waals surface area contributed by atoms with Crippen molar-refractivity contribution in [1.29, 1.82) is 0 Å². The lowest BCUT2D eigenvalue weighted by Crippen LogP contribution is -2.01. The zero-order chi connectivity index (χ0) is 25.2. The maximum atomic E-state index is 2.46. The summed E-state index contributed by atoms with van der Waals surface area (Å²) >= 11 is 0. The fourth-order valence-electron chi connectivity index (χ4n) is 4.27. The van der Waals surface area contributed by atoms with Crippen molar-refractivity contribution >= 4 is 0 Å². The second-order valence-corrected chi connectivity index (χ2v) is 11.0. The first-order valence-electron chi connectivity index (χ1n) is 15.3. The molecule has 0 radical (unpaired) electrons. The van der Waals surface area contributed by atoms with Gasteiger partial charge in [0.25, 0.3) is 0 Å². The Kier molecular flexibility index (Phi) is 33.2. The molecular formula is C32H70. The van der Waals surface area contributed by atoms with Gasteiger partial charge in [-0.2, -0.15) is 0 Å². The number of hydrogen-bond acceptors (Lipinski definition) is 0. The lowest BCUT2D eigenvalue weighted by molar-refractivity contribution is 0.380. The van der Waals surface area contributed by atoms with Gasteiger partial charge in [0.2, 0.25) is 0 Å². The molecule has 1 rings (SSSR count). The van der Waals surface area contributed by atoms with E-state index in [0.717, 1.165) is 29.6 Å². The SMILES string of the molecule is CC.CCC(C)CCC(C)CCCCC1CCC(CC)C1.CCCC.CCCCC(C)C. The summed E-state index contributed by atoms with van der Waals surface area (Å²) < 4.78 is 0. The van der Waals surface area contributed by atoms with Crippen LogP contribution in [0.3, 0.4) is 0 Å². The van der Waals surface area contributed by atoms with Gasteiger partial charge in [0.05, 0.1) is 0 Å². The van der Waals surface area contributed by atoms with Gasteiger partial charge in [0.1, 0.15) is 0 Å². The first kappa shape index (κ1) is 36.6. The molecule has 0 aromatic carbocycles. The highest BCUT2D eigenvalue weighted by Gasteiger charge is 2.22. The van der Waals surface area contributed by atoms with Crippen LogP contribution in [0.5, 0.6) is 0 Å². The predicted octanol–water partition coefficient (Wildman–Crippen LogP) is 12.5. The van der Waals surface area contributed by atoms with Crippen molar-refractivity contribution in [3.63, 3.8) is 0 Å². The molecule has 1 saturated carbocycles. The Balaban J connectivity index is -0.000000534. The normalized spacial score (nSPS) is 19.1. The van der Waals surface area contributed by atoms with Gasteiger partial charge in [-0.1, -0.05) is 172 Å². The van der Waals surface area contributed by atoms with Crippen LogP contribution in [0.4, 0.5) is 0 Å². The highest BCUT2D eigenvalue weighted by atomic mass is 14.3. The van der Waals surface area contributed by atoms with Gasteiger partial charge in [-0.15, -0.1) is 0 Å². The van der Waals surface area contributed by atoms with Crippen LogP contribution in [-0.2, 0) is 0 Å². The molecule has 198 valence electrons. The van der Waals surface area contributed by atoms with Crippen LogP contribution in [0.25, 0.3) is 0 Å². The predicted molar refractivity (Wildman–Crippen MR) is 154 cm³/mol. The average molecular weight is 455 g/mol. The summed E-state index contributed by atoms with van der Waals surface area (Å²) in [6, 6.07) is 0. The quantitative estimate of drug-likeness (QED) is 0.229. The largest absolute Gasteiger partial charge is 0.0683 e. The van der Waals surface area contributed by atoms with Crippen molar-refractivity contribution in [2.75, 3.05) is 0 Å². The average Bonchev–Trinajstić information content (AvgIpc) is 3.28. The third-order valence-electron chi connectivity index (χ3n) is 7.27. The summed E-state index contributed by atoms with van der Waals surface area (Å²) in [5.74, 6) is 4.95. The topological polar surface area (TPSA) is 0 Å². The van der Waals surface area contributed by atoms with Gasteiger partial charge < -0.3 is 0 Å². The zero-order valence-electron chi connectivity index (χ0n) is 25.2. The minimum absolute atomic E-state index is 0.903. The van der Waals surface area contributed by atoms with Crippen LogP contribution < -0.4 is 0 Å². The second kappa shape index (κ2) is 29.0. The van der Waals surface area contributed by atoms with Crippen LogP contribution in [0, 0.1) is 29.6 Å². The highest BCUT2D eigenvalue weighted by molar-refractivity contribution is 4.74. The first-order chi connectivity index (χ1) is 15.3. The fraction of sp³-hybridized carbons (Fsp3) is 1.00. The van der Waals surface area contributed by atoms with Crippen LogP contribution in [0.1, 0.15) is 179 Å². The molecule has 1 aliphatic carbocycles. The molecule has 0 heteroatoms. The maximum absolute atomic E-state index is 2.46. The van der Waals surface area contributed by atoms with Crippen LogP contribution in [-0.4, -0.2) is 0 Å². The van der Waals surface area contributed by atoms with E-state index in [4.69, 9.17) is 0 Å². The molecule has 0 N–H and O–H groups in total. The molecule has 0 spiro atoms. The molecule has 4 atom stereocenters. The van der Waals surface area contributed by atoms with E-state index in [0.29, 0.717) is 0 Å². The molecule has 32 heavy (non-hydrogen) atoms. The maximum Gasteiger partial charge on any atom is -0.0412 e. The van der Waals surface area contributed by atoms with Gasteiger partial charge in [-0.05, 0) is 36.0 Å². The van der Waals surface area contributed by atoms with E-state index in [2.05, 4.69) is 62.3 Å². The van der Waals surface area contributed by atoms with Crippen LogP contribution in [0.2, 0.25) is 0 Å². The molecule has 0 amide bonds. The van der Waals surface area contributed by atoms with Crippen molar-refractivity contribution in [3.05, 3.63) is 0 Å². The van der Waals surface area contributed by atoms with Crippen LogP contribution in [0.15, 0.2) is 0 Å². The van der Waals surface area contributed by atoms with E-state index in [1.807, 2.05) is 13.8 Å². The molecule has 0 aromatic heterocycles. The Morgan fingerprint density at radius 1 is 0.594 bits per heavy atom. The molecule has 0 aliphatic heterocycles. The van der Waals surface area contributed by atoms with E-state index >= 15 is 0 Å². The summed E-state index contributed by atoms with van der Waals surface area (Å²) in [7, 11) is 0. The second-order valence-electron chi connectivity index (χ2n) is 11.0. The molecule has 0 nitrogen and oxygen atoms in total. The highest BCUT2D eigenvalue weighted by Crippen LogP contribution is 2.36. The summed E-state index contributed by atoms with van der Waals surface area (Å²) in [6.07, 6.45) is 23.0. The molecule has 0 aromatic rings. The van der Waals surface area contributed by atoms with E-state index in [9.17, 15) is 0 Å². The Morgan fingerprint density at radius 3 is 1.56 bits per heavy atom. The van der Waals surface area contributed by atoms with Gasteiger partial charge >= 0.3 is 0 Å². The van der Waals surface area contributed by atoms with Crippen molar-refractivity contribution in [1.82, 2.24) is 0 Å². The van der Waals surface area contributed by atoms with Crippen molar-refractivity contribution in [2.24, 2.45) is 29.6 Å². The van der Waals surface area contributed by atoms with Gasteiger partial charge in [0.15, 0.2) is 0 Å². The van der Waals surface area contributed by atoms with Crippen molar-refractivity contribution < 1.29 is 0 Å². The van der Waals surface area contributed by atoms with Crippen molar-refractivity contribution in [2.45, 2.75) is 179 Å². The van der Waals surface area contributed by atoms with E-state index in [1.165, 1.54) is 96.3 Å². The Bertz CT molecular complexity index is 303. The molecule has 0 saturated heterocycles. The third kappa shape index (κ3) is 28.0. The Labute approximate surface area is 208 Å². The lowest BCUT2D eigenvalue weighted by atomic mass is 9.91. The van der Waals surface area contributed by atoms with Gasteiger partial charge in [-0.3, -0.25) is 0 Å². The summed E-state index contributed by atoms with van der Waals surface area (Å²) in [4.78, 5) is 0. The van der Waals surface area contributed by atoms with Gasteiger partial charge in [-0.25, -0.2) is 0 Å². The smallest absolute Gasteiger partial charge is 0.0412 e. The summed E-state index contributed by atoms with van der Waals surface area (Å²) in [5, 5.41) is 0. The molecule has 1 aliphatic rings. The lowest BCUT2D eigenvalue weighted by Gasteiger charge is -2.15. The molecule has 4 unspecified atom stereocenters. The minimum atomic E-state index is 0.903. The van der Waals surface area contributed by atoms with E-state index in [-0.39, 0.29) is 0 Å². The number of hydrogen-bond donors (Lipinski definition) is 0.